The van der Waals surface area contributed by atoms with Gasteiger partial charge in [-0.15, -0.1) is 0 Å². The summed E-state index contributed by atoms with van der Waals surface area (Å²) in [5.41, 5.74) is 7.61. The van der Waals surface area contributed by atoms with Gasteiger partial charge in [0.2, 0.25) is 0 Å². The van der Waals surface area contributed by atoms with Gasteiger partial charge >= 0.3 is 5.97 Å². The lowest BCUT2D eigenvalue weighted by molar-refractivity contribution is 0.0697. The predicted molar refractivity (Wildman–Crippen MR) is 89.1 cm³/mol. The fourth-order valence-electron chi connectivity index (χ4n) is 2.46. The minimum Gasteiger partial charge on any atom is -0.478 e. The van der Waals surface area contributed by atoms with Gasteiger partial charge < -0.3 is 15.7 Å². The molecule has 0 aliphatic heterocycles. The standard InChI is InChI=1S/C17H28N2O2/c1-3-4-5-6-7-8-9-12-19(2)16-11-10-14(17(20)21)13-15(16)18/h10-11,13H,3-9,12,18H2,1-2H3,(H,20,21). The second-order valence-corrected chi connectivity index (χ2v) is 5.62. The molecule has 1 aromatic carbocycles. The smallest absolute Gasteiger partial charge is 0.335 e. The number of carboxylic acid groups (broad SMARTS) is 1. The van der Waals surface area contributed by atoms with Crippen LogP contribution >= 0.6 is 0 Å². The number of hydrogen-bond donors (Lipinski definition) is 2. The Hall–Kier alpha value is -1.71. The first-order valence-corrected chi connectivity index (χ1v) is 7.90. The minimum atomic E-state index is -0.942. The van der Waals surface area contributed by atoms with Crippen LogP contribution in [0, 0.1) is 0 Å². The van der Waals surface area contributed by atoms with E-state index in [0.29, 0.717) is 5.69 Å². The minimum absolute atomic E-state index is 0.237. The van der Waals surface area contributed by atoms with Crippen LogP contribution in [0.3, 0.4) is 0 Å². The highest BCUT2D eigenvalue weighted by Gasteiger charge is 2.09. The summed E-state index contributed by atoms with van der Waals surface area (Å²) in [6.07, 6.45) is 8.97. The molecule has 0 amide bonds. The average molecular weight is 292 g/mol. The van der Waals surface area contributed by atoms with Crippen molar-refractivity contribution in [3.63, 3.8) is 0 Å². The van der Waals surface area contributed by atoms with Gasteiger partial charge in [-0.3, -0.25) is 0 Å². The number of rotatable bonds is 10. The van der Waals surface area contributed by atoms with Crippen LogP contribution < -0.4 is 10.6 Å². The maximum absolute atomic E-state index is 10.9. The molecule has 0 saturated carbocycles. The van der Waals surface area contributed by atoms with Crippen LogP contribution in [0.4, 0.5) is 11.4 Å². The number of benzene rings is 1. The van der Waals surface area contributed by atoms with E-state index in [1.807, 2.05) is 7.05 Å². The Labute approximate surface area is 128 Å². The first kappa shape index (κ1) is 17.3. The second kappa shape index (κ2) is 9.27. The summed E-state index contributed by atoms with van der Waals surface area (Å²) in [5.74, 6) is -0.942. The Morgan fingerprint density at radius 3 is 2.33 bits per heavy atom. The van der Waals surface area contributed by atoms with Crippen molar-refractivity contribution in [2.75, 3.05) is 24.2 Å². The topological polar surface area (TPSA) is 66.6 Å². The van der Waals surface area contributed by atoms with Gasteiger partial charge in [-0.25, -0.2) is 4.79 Å². The summed E-state index contributed by atoms with van der Waals surface area (Å²) < 4.78 is 0. The van der Waals surface area contributed by atoms with Gasteiger partial charge in [-0.1, -0.05) is 45.4 Å². The zero-order chi connectivity index (χ0) is 15.7. The fourth-order valence-corrected chi connectivity index (χ4v) is 2.46. The summed E-state index contributed by atoms with van der Waals surface area (Å²) in [4.78, 5) is 13.0. The van der Waals surface area contributed by atoms with Crippen LogP contribution in [0.25, 0.3) is 0 Å². The molecule has 0 spiro atoms. The first-order chi connectivity index (χ1) is 10.1. The zero-order valence-corrected chi connectivity index (χ0v) is 13.3. The van der Waals surface area contributed by atoms with Crippen molar-refractivity contribution in [2.45, 2.75) is 51.9 Å². The van der Waals surface area contributed by atoms with Crippen molar-refractivity contribution in [2.24, 2.45) is 0 Å². The van der Waals surface area contributed by atoms with Gasteiger partial charge in [0.1, 0.15) is 0 Å². The largest absolute Gasteiger partial charge is 0.478 e. The fraction of sp³-hybridized carbons (Fsp3) is 0.588. The first-order valence-electron chi connectivity index (χ1n) is 7.90. The number of carboxylic acids is 1. The van der Waals surface area contributed by atoms with Crippen molar-refractivity contribution in [3.8, 4) is 0 Å². The van der Waals surface area contributed by atoms with Gasteiger partial charge in [0.25, 0.3) is 0 Å². The summed E-state index contributed by atoms with van der Waals surface area (Å²) in [6.45, 7) is 3.18. The Bertz CT molecular complexity index is 446. The quantitative estimate of drug-likeness (QED) is 0.502. The van der Waals surface area contributed by atoms with Gasteiger partial charge in [-0.05, 0) is 24.6 Å². The number of hydrogen-bond acceptors (Lipinski definition) is 3. The molecule has 4 heteroatoms. The molecule has 4 nitrogen and oxygen atoms in total. The van der Waals surface area contributed by atoms with E-state index in [-0.39, 0.29) is 5.56 Å². The van der Waals surface area contributed by atoms with E-state index < -0.39 is 5.97 Å². The molecule has 0 aromatic heterocycles. The number of aromatic carboxylic acids is 1. The third kappa shape index (κ3) is 6.06. The third-order valence-electron chi connectivity index (χ3n) is 3.78. The van der Waals surface area contributed by atoms with Crippen molar-refractivity contribution in [1.29, 1.82) is 0 Å². The maximum Gasteiger partial charge on any atom is 0.335 e. The number of nitrogen functional groups attached to an aromatic ring is 1. The van der Waals surface area contributed by atoms with Crippen LogP contribution in [-0.2, 0) is 0 Å². The van der Waals surface area contributed by atoms with E-state index in [2.05, 4.69) is 11.8 Å². The Morgan fingerprint density at radius 1 is 1.14 bits per heavy atom. The number of unbranched alkanes of at least 4 members (excludes halogenated alkanes) is 6. The van der Waals surface area contributed by atoms with Crippen LogP contribution in [0.5, 0.6) is 0 Å². The van der Waals surface area contributed by atoms with Crippen LogP contribution in [-0.4, -0.2) is 24.7 Å². The van der Waals surface area contributed by atoms with Gasteiger partial charge in [0.15, 0.2) is 0 Å². The summed E-state index contributed by atoms with van der Waals surface area (Å²) in [5, 5.41) is 8.93. The van der Waals surface area contributed by atoms with Crippen molar-refractivity contribution in [3.05, 3.63) is 23.8 Å². The van der Waals surface area contributed by atoms with E-state index in [4.69, 9.17) is 10.8 Å². The number of nitrogens with two attached hydrogens (primary N) is 1. The third-order valence-corrected chi connectivity index (χ3v) is 3.78. The molecule has 0 heterocycles. The molecule has 1 rings (SSSR count). The molecule has 0 atom stereocenters. The molecule has 0 aliphatic carbocycles. The summed E-state index contributed by atoms with van der Waals surface area (Å²) in [7, 11) is 2.00. The lowest BCUT2D eigenvalue weighted by atomic mass is 10.1. The molecular formula is C17H28N2O2. The van der Waals surface area contributed by atoms with Crippen molar-refractivity contribution in [1.82, 2.24) is 0 Å². The van der Waals surface area contributed by atoms with Crippen LogP contribution in [0.1, 0.15) is 62.2 Å². The zero-order valence-electron chi connectivity index (χ0n) is 13.3. The van der Waals surface area contributed by atoms with E-state index in [0.717, 1.165) is 18.7 Å². The van der Waals surface area contributed by atoms with Crippen LogP contribution in [0.2, 0.25) is 0 Å². The number of carbonyl (C=O) groups is 1. The molecule has 0 radical (unpaired) electrons. The molecular weight excluding hydrogens is 264 g/mol. The number of nitrogens with zero attached hydrogens (tertiary/aromatic N) is 1. The molecule has 21 heavy (non-hydrogen) atoms. The monoisotopic (exact) mass is 292 g/mol. The number of anilines is 2. The molecule has 1 aromatic rings. The lowest BCUT2D eigenvalue weighted by Gasteiger charge is -2.21. The molecule has 0 unspecified atom stereocenters. The highest BCUT2D eigenvalue weighted by molar-refractivity contribution is 5.90. The molecule has 0 saturated heterocycles. The summed E-state index contributed by atoms with van der Waals surface area (Å²) >= 11 is 0. The molecule has 0 bridgehead atoms. The predicted octanol–water partition coefficient (Wildman–Crippen LogP) is 4.15. The Kier molecular flexibility index (Phi) is 7.65. The molecule has 3 N–H and O–H groups in total. The molecule has 0 aliphatic rings. The Morgan fingerprint density at radius 2 is 1.76 bits per heavy atom. The second-order valence-electron chi connectivity index (χ2n) is 5.62. The van der Waals surface area contributed by atoms with E-state index in [1.54, 1.807) is 12.1 Å². The van der Waals surface area contributed by atoms with Gasteiger partial charge in [0, 0.05) is 13.6 Å². The SMILES string of the molecule is CCCCCCCCCN(C)c1ccc(C(=O)O)cc1N. The van der Waals surface area contributed by atoms with Crippen molar-refractivity contribution < 1.29 is 9.90 Å². The van der Waals surface area contributed by atoms with Gasteiger partial charge in [-0.2, -0.15) is 0 Å². The average Bonchev–Trinajstić information content (AvgIpc) is 2.45. The van der Waals surface area contributed by atoms with Crippen molar-refractivity contribution >= 4 is 17.3 Å². The molecule has 118 valence electrons. The Balaban J connectivity index is 2.35. The highest BCUT2D eigenvalue weighted by Crippen LogP contribution is 2.24. The maximum atomic E-state index is 10.9. The molecule has 0 fully saturated rings. The highest BCUT2D eigenvalue weighted by atomic mass is 16.4. The van der Waals surface area contributed by atoms with Gasteiger partial charge in [0.05, 0.1) is 16.9 Å². The summed E-state index contributed by atoms with van der Waals surface area (Å²) in [6, 6.07) is 4.92. The van der Waals surface area contributed by atoms with Crippen LogP contribution in [0.15, 0.2) is 18.2 Å². The normalized spacial score (nSPS) is 10.6. The van der Waals surface area contributed by atoms with E-state index in [1.165, 1.54) is 44.6 Å². The van der Waals surface area contributed by atoms with E-state index >= 15 is 0 Å². The van der Waals surface area contributed by atoms with E-state index in [9.17, 15) is 4.79 Å². The lowest BCUT2D eigenvalue weighted by Crippen LogP contribution is -2.20.